The Morgan fingerprint density at radius 1 is 1.75 bits per heavy atom. The van der Waals surface area contributed by atoms with Crippen molar-refractivity contribution in [2.75, 3.05) is 20.2 Å². The highest BCUT2D eigenvalue weighted by Gasteiger charge is 2.33. The van der Waals surface area contributed by atoms with E-state index in [0.717, 1.165) is 19.5 Å². The summed E-state index contributed by atoms with van der Waals surface area (Å²) in [7, 11) is 1.65. The zero-order chi connectivity index (χ0) is 9.03. The monoisotopic (exact) mass is 173 g/mol. The third-order valence-corrected chi connectivity index (χ3v) is 2.43. The fourth-order valence-corrected chi connectivity index (χ4v) is 1.55. The number of rotatable bonds is 4. The third-order valence-electron chi connectivity index (χ3n) is 2.43. The van der Waals surface area contributed by atoms with Gasteiger partial charge >= 0.3 is 5.97 Å². The molecule has 2 N–H and O–H groups in total. The quantitative estimate of drug-likeness (QED) is 0.639. The van der Waals surface area contributed by atoms with E-state index in [2.05, 4.69) is 5.32 Å². The van der Waals surface area contributed by atoms with Gasteiger partial charge in [0.2, 0.25) is 0 Å². The summed E-state index contributed by atoms with van der Waals surface area (Å²) in [5.41, 5.74) is -0.224. The normalized spacial score (nSPS) is 29.1. The molecule has 1 rings (SSSR count). The minimum atomic E-state index is -0.752. The van der Waals surface area contributed by atoms with Gasteiger partial charge < -0.3 is 15.2 Å². The molecule has 1 fully saturated rings. The molecule has 1 heterocycles. The van der Waals surface area contributed by atoms with Crippen LogP contribution in [0.1, 0.15) is 19.3 Å². The van der Waals surface area contributed by atoms with Crippen LogP contribution < -0.4 is 5.32 Å². The van der Waals surface area contributed by atoms with Gasteiger partial charge in [0.1, 0.15) is 0 Å². The zero-order valence-electron chi connectivity index (χ0n) is 7.30. The SMILES string of the molecule is COC1(CCC(=O)O)CCNC1. The van der Waals surface area contributed by atoms with Crippen LogP contribution in [0.2, 0.25) is 0 Å². The molecule has 0 aromatic carbocycles. The van der Waals surface area contributed by atoms with Crippen LogP contribution in [0, 0.1) is 0 Å². The molecule has 4 heteroatoms. The van der Waals surface area contributed by atoms with E-state index in [9.17, 15) is 4.79 Å². The van der Waals surface area contributed by atoms with Crippen LogP contribution in [-0.4, -0.2) is 36.9 Å². The molecule has 1 unspecified atom stereocenters. The largest absolute Gasteiger partial charge is 0.481 e. The van der Waals surface area contributed by atoms with Gasteiger partial charge in [-0.15, -0.1) is 0 Å². The third kappa shape index (κ3) is 2.19. The van der Waals surface area contributed by atoms with Crippen LogP contribution in [0.25, 0.3) is 0 Å². The summed E-state index contributed by atoms with van der Waals surface area (Å²) in [6, 6.07) is 0. The number of hydrogen-bond acceptors (Lipinski definition) is 3. The van der Waals surface area contributed by atoms with Gasteiger partial charge in [0.05, 0.1) is 5.60 Å². The van der Waals surface area contributed by atoms with E-state index in [0.29, 0.717) is 6.42 Å². The standard InChI is InChI=1S/C8H15NO3/c1-12-8(3-2-7(10)11)4-5-9-6-8/h9H,2-6H2,1H3,(H,10,11). The predicted octanol–water partition coefficient (Wildman–Crippen LogP) is 0.230. The lowest BCUT2D eigenvalue weighted by Gasteiger charge is -2.25. The molecule has 4 nitrogen and oxygen atoms in total. The summed E-state index contributed by atoms with van der Waals surface area (Å²) < 4.78 is 5.32. The second-order valence-corrected chi connectivity index (χ2v) is 3.21. The molecule has 12 heavy (non-hydrogen) atoms. The Kier molecular flexibility index (Phi) is 3.05. The van der Waals surface area contributed by atoms with E-state index in [1.807, 2.05) is 0 Å². The number of ether oxygens (including phenoxy) is 1. The van der Waals surface area contributed by atoms with Gasteiger partial charge in [0, 0.05) is 20.1 Å². The van der Waals surface area contributed by atoms with Crippen molar-refractivity contribution < 1.29 is 14.6 Å². The van der Waals surface area contributed by atoms with Gasteiger partial charge in [-0.05, 0) is 19.4 Å². The molecule has 0 bridgehead atoms. The molecule has 1 aliphatic heterocycles. The minimum absolute atomic E-state index is 0.190. The molecular formula is C8H15NO3. The number of carboxylic acids is 1. The Morgan fingerprint density at radius 2 is 2.50 bits per heavy atom. The fourth-order valence-electron chi connectivity index (χ4n) is 1.55. The highest BCUT2D eigenvalue weighted by Crippen LogP contribution is 2.24. The minimum Gasteiger partial charge on any atom is -0.481 e. The molecule has 1 aliphatic rings. The second kappa shape index (κ2) is 3.87. The second-order valence-electron chi connectivity index (χ2n) is 3.21. The van der Waals surface area contributed by atoms with E-state index in [1.165, 1.54) is 0 Å². The van der Waals surface area contributed by atoms with E-state index < -0.39 is 5.97 Å². The maximum atomic E-state index is 10.3. The molecular weight excluding hydrogens is 158 g/mol. The average Bonchev–Trinajstić information content (AvgIpc) is 2.50. The molecule has 0 aromatic heterocycles. The predicted molar refractivity (Wildman–Crippen MR) is 44.1 cm³/mol. The topological polar surface area (TPSA) is 58.6 Å². The van der Waals surface area contributed by atoms with Gasteiger partial charge in [0.25, 0.3) is 0 Å². The van der Waals surface area contributed by atoms with E-state index in [-0.39, 0.29) is 12.0 Å². The number of aliphatic carboxylic acids is 1. The lowest BCUT2D eigenvalue weighted by molar-refractivity contribution is -0.138. The van der Waals surface area contributed by atoms with Crippen molar-refractivity contribution in [1.29, 1.82) is 0 Å². The van der Waals surface area contributed by atoms with Crippen LogP contribution in [0.15, 0.2) is 0 Å². The van der Waals surface area contributed by atoms with Crippen LogP contribution in [0.5, 0.6) is 0 Å². The van der Waals surface area contributed by atoms with Crippen molar-refractivity contribution in [2.45, 2.75) is 24.9 Å². The first-order chi connectivity index (χ1) is 5.68. The van der Waals surface area contributed by atoms with Crippen molar-refractivity contribution in [2.24, 2.45) is 0 Å². The maximum absolute atomic E-state index is 10.3. The maximum Gasteiger partial charge on any atom is 0.303 e. The first kappa shape index (κ1) is 9.48. The molecule has 0 aliphatic carbocycles. The van der Waals surface area contributed by atoms with Crippen molar-refractivity contribution in [3.63, 3.8) is 0 Å². The van der Waals surface area contributed by atoms with Crippen molar-refractivity contribution >= 4 is 5.97 Å². The smallest absolute Gasteiger partial charge is 0.303 e. The molecule has 70 valence electrons. The Hall–Kier alpha value is -0.610. The Balaban J connectivity index is 2.39. The van der Waals surface area contributed by atoms with Gasteiger partial charge in [-0.3, -0.25) is 4.79 Å². The van der Waals surface area contributed by atoms with Gasteiger partial charge in [-0.1, -0.05) is 0 Å². The highest BCUT2D eigenvalue weighted by atomic mass is 16.5. The van der Waals surface area contributed by atoms with E-state index in [1.54, 1.807) is 7.11 Å². The Labute approximate surface area is 71.9 Å². The van der Waals surface area contributed by atoms with Gasteiger partial charge in [-0.2, -0.15) is 0 Å². The van der Waals surface area contributed by atoms with E-state index in [4.69, 9.17) is 9.84 Å². The van der Waals surface area contributed by atoms with Crippen molar-refractivity contribution in [3.05, 3.63) is 0 Å². The molecule has 1 saturated heterocycles. The lowest BCUT2D eigenvalue weighted by atomic mass is 9.96. The highest BCUT2D eigenvalue weighted by molar-refractivity contribution is 5.66. The van der Waals surface area contributed by atoms with Crippen molar-refractivity contribution in [3.8, 4) is 0 Å². The van der Waals surface area contributed by atoms with Crippen LogP contribution in [0.4, 0.5) is 0 Å². The number of hydrogen-bond donors (Lipinski definition) is 2. The first-order valence-corrected chi connectivity index (χ1v) is 4.16. The van der Waals surface area contributed by atoms with Gasteiger partial charge in [-0.25, -0.2) is 0 Å². The van der Waals surface area contributed by atoms with Crippen LogP contribution >= 0.6 is 0 Å². The first-order valence-electron chi connectivity index (χ1n) is 4.16. The number of carbonyl (C=O) groups is 1. The Morgan fingerprint density at radius 3 is 2.92 bits per heavy atom. The fraction of sp³-hybridized carbons (Fsp3) is 0.875. The van der Waals surface area contributed by atoms with Crippen LogP contribution in [0.3, 0.4) is 0 Å². The summed E-state index contributed by atoms with van der Waals surface area (Å²) >= 11 is 0. The molecule has 0 saturated carbocycles. The Bertz CT molecular complexity index is 164. The summed E-state index contributed by atoms with van der Waals surface area (Å²) in [6.07, 6.45) is 1.71. The number of methoxy groups -OCH3 is 1. The molecule has 0 amide bonds. The summed E-state index contributed by atoms with van der Waals surface area (Å²) in [6.45, 7) is 1.70. The summed E-state index contributed by atoms with van der Waals surface area (Å²) in [4.78, 5) is 10.3. The molecule has 0 radical (unpaired) electrons. The molecule has 1 atom stereocenters. The summed E-state index contributed by atoms with van der Waals surface area (Å²) in [5.74, 6) is -0.752. The average molecular weight is 173 g/mol. The molecule has 0 spiro atoms. The van der Waals surface area contributed by atoms with Crippen molar-refractivity contribution in [1.82, 2.24) is 5.32 Å². The lowest BCUT2D eigenvalue weighted by Crippen LogP contribution is -2.34. The molecule has 0 aromatic rings. The van der Waals surface area contributed by atoms with E-state index >= 15 is 0 Å². The number of carboxylic acid groups (broad SMARTS) is 1. The van der Waals surface area contributed by atoms with Gasteiger partial charge in [0.15, 0.2) is 0 Å². The number of nitrogens with one attached hydrogen (secondary N) is 1. The van der Waals surface area contributed by atoms with Crippen LogP contribution in [-0.2, 0) is 9.53 Å². The zero-order valence-corrected chi connectivity index (χ0v) is 7.30. The summed E-state index contributed by atoms with van der Waals surface area (Å²) in [5, 5.41) is 11.7.